The van der Waals surface area contributed by atoms with Crippen LogP contribution in [0.4, 0.5) is 4.79 Å². The predicted molar refractivity (Wildman–Crippen MR) is 43.4 cm³/mol. The van der Waals surface area contributed by atoms with Gasteiger partial charge in [0, 0.05) is 33.8 Å². The second kappa shape index (κ2) is 4.96. The third-order valence-electron chi connectivity index (χ3n) is 1.42. The van der Waals surface area contributed by atoms with Gasteiger partial charge in [-0.3, -0.25) is 0 Å². The van der Waals surface area contributed by atoms with E-state index in [-0.39, 0.29) is 12.6 Å². The van der Waals surface area contributed by atoms with Gasteiger partial charge in [-0.1, -0.05) is 0 Å². The van der Waals surface area contributed by atoms with Gasteiger partial charge in [0.25, 0.3) is 0 Å². The van der Waals surface area contributed by atoms with Crippen LogP contribution in [0.25, 0.3) is 0 Å². The van der Waals surface area contributed by atoms with Crippen LogP contribution in [0, 0.1) is 0 Å². The first-order chi connectivity index (χ1) is 5.13. The Kier molecular flexibility index (Phi) is 4.61. The average Bonchev–Trinajstić information content (AvgIpc) is 2.22. The van der Waals surface area contributed by atoms with Crippen LogP contribution in [0.1, 0.15) is 6.92 Å². The van der Waals surface area contributed by atoms with Gasteiger partial charge >= 0.3 is 6.03 Å². The molecule has 0 atom stereocenters. The van der Waals surface area contributed by atoms with Gasteiger partial charge in [-0.05, 0) is 6.92 Å². The molecule has 0 aromatic heterocycles. The van der Waals surface area contributed by atoms with Crippen molar-refractivity contribution in [3.05, 3.63) is 0 Å². The van der Waals surface area contributed by atoms with Gasteiger partial charge in [0.05, 0.1) is 0 Å². The second-order valence-electron chi connectivity index (χ2n) is 2.44. The van der Waals surface area contributed by atoms with Gasteiger partial charge in [0.1, 0.15) is 0 Å². The maximum atomic E-state index is 10.8. The number of aliphatic hydroxyl groups is 1. The molecule has 0 unspecified atom stereocenters. The monoisotopic (exact) mass is 160 g/mol. The molecule has 1 saturated heterocycles. The Morgan fingerprint density at radius 3 is 1.73 bits per heavy atom. The van der Waals surface area contributed by atoms with E-state index < -0.39 is 0 Å². The highest BCUT2D eigenvalue weighted by atomic mass is 16.2. The lowest BCUT2D eigenvalue weighted by molar-refractivity contribution is 0.205. The van der Waals surface area contributed by atoms with E-state index in [0.29, 0.717) is 0 Å². The largest absolute Gasteiger partial charge is 0.397 e. The van der Waals surface area contributed by atoms with Crippen molar-refractivity contribution in [3.63, 3.8) is 0 Å². The zero-order chi connectivity index (χ0) is 8.85. The molecule has 0 spiro atoms. The van der Waals surface area contributed by atoms with Crippen molar-refractivity contribution >= 4 is 6.03 Å². The zero-order valence-electron chi connectivity index (χ0n) is 7.37. The summed E-state index contributed by atoms with van der Waals surface area (Å²) in [5, 5.41) is 7.57. The minimum absolute atomic E-state index is 0.130. The summed E-state index contributed by atoms with van der Waals surface area (Å²) in [5.41, 5.74) is 0. The summed E-state index contributed by atoms with van der Waals surface area (Å²) in [5.74, 6) is 0. The summed E-state index contributed by atoms with van der Waals surface area (Å²) in [6.45, 7) is 3.67. The molecular formula is C7H16N2O2. The highest BCUT2D eigenvalue weighted by molar-refractivity contribution is 5.75. The number of amides is 2. The fraction of sp³-hybridized carbons (Fsp3) is 0.857. The van der Waals surface area contributed by atoms with Crippen LogP contribution in [-0.2, 0) is 0 Å². The summed E-state index contributed by atoms with van der Waals surface area (Å²) in [6, 6.07) is 0.130. The fourth-order valence-corrected chi connectivity index (χ4v) is 0.783. The smallest absolute Gasteiger partial charge is 0.319 e. The third-order valence-corrected chi connectivity index (χ3v) is 1.42. The van der Waals surface area contributed by atoms with Crippen molar-refractivity contribution in [2.45, 2.75) is 6.92 Å². The molecule has 66 valence electrons. The number of hydrogen-bond donors (Lipinski definition) is 1. The summed E-state index contributed by atoms with van der Waals surface area (Å²) >= 11 is 0. The van der Waals surface area contributed by atoms with Gasteiger partial charge in [0.15, 0.2) is 0 Å². The lowest BCUT2D eigenvalue weighted by Crippen LogP contribution is -2.25. The Morgan fingerprint density at radius 1 is 1.36 bits per heavy atom. The van der Waals surface area contributed by atoms with Crippen molar-refractivity contribution in [2.75, 3.05) is 33.8 Å². The standard InChI is InChI=1S/C5H10N2O.C2H6O/c1-6-3-4-7(2)5(6)8;1-2-3/h3-4H2,1-2H3;3H,2H2,1H3. The lowest BCUT2D eigenvalue weighted by atomic mass is 10.6. The first kappa shape index (κ1) is 10.2. The number of urea groups is 1. The number of carbonyl (C=O) groups is 1. The zero-order valence-corrected chi connectivity index (χ0v) is 7.37. The quantitative estimate of drug-likeness (QED) is 0.541. The Balaban J connectivity index is 0.000000292. The molecule has 1 aliphatic rings. The molecule has 2 amide bonds. The SMILES string of the molecule is CCO.CN1CCN(C)C1=O. The minimum Gasteiger partial charge on any atom is -0.397 e. The van der Waals surface area contributed by atoms with E-state index in [9.17, 15) is 4.79 Å². The van der Waals surface area contributed by atoms with Crippen LogP contribution in [-0.4, -0.2) is 54.7 Å². The fourth-order valence-electron chi connectivity index (χ4n) is 0.783. The molecule has 0 saturated carbocycles. The molecule has 0 bridgehead atoms. The number of likely N-dealkylation sites (N-methyl/N-ethyl adjacent to an activating group) is 2. The topological polar surface area (TPSA) is 43.8 Å². The lowest BCUT2D eigenvalue weighted by Gasteiger charge is -2.07. The van der Waals surface area contributed by atoms with E-state index in [0.717, 1.165) is 13.1 Å². The van der Waals surface area contributed by atoms with E-state index in [4.69, 9.17) is 5.11 Å². The number of nitrogens with zero attached hydrogens (tertiary/aromatic N) is 2. The summed E-state index contributed by atoms with van der Waals surface area (Å²) in [7, 11) is 3.62. The highest BCUT2D eigenvalue weighted by Crippen LogP contribution is 2.00. The first-order valence-corrected chi connectivity index (χ1v) is 3.70. The summed E-state index contributed by atoms with van der Waals surface area (Å²) in [6.07, 6.45) is 0. The van der Waals surface area contributed by atoms with Gasteiger partial charge in [-0.2, -0.15) is 0 Å². The molecular weight excluding hydrogens is 144 g/mol. The molecule has 0 aromatic rings. The predicted octanol–water partition coefficient (Wildman–Crippen LogP) is -0.0178. The van der Waals surface area contributed by atoms with Crippen LogP contribution in [0.15, 0.2) is 0 Å². The third kappa shape index (κ3) is 3.23. The van der Waals surface area contributed by atoms with Crippen molar-refractivity contribution in [2.24, 2.45) is 0 Å². The van der Waals surface area contributed by atoms with Crippen LogP contribution in [0.2, 0.25) is 0 Å². The highest BCUT2D eigenvalue weighted by Gasteiger charge is 2.20. The Labute approximate surface area is 67.4 Å². The number of carbonyl (C=O) groups excluding carboxylic acids is 1. The average molecular weight is 160 g/mol. The Morgan fingerprint density at radius 2 is 1.64 bits per heavy atom. The molecule has 1 rings (SSSR count). The number of rotatable bonds is 0. The molecule has 0 aliphatic carbocycles. The van der Waals surface area contributed by atoms with Gasteiger partial charge in [-0.15, -0.1) is 0 Å². The van der Waals surface area contributed by atoms with Crippen molar-refractivity contribution < 1.29 is 9.90 Å². The van der Waals surface area contributed by atoms with Crippen molar-refractivity contribution in [1.82, 2.24) is 9.80 Å². The van der Waals surface area contributed by atoms with E-state index in [2.05, 4.69) is 0 Å². The van der Waals surface area contributed by atoms with Crippen LogP contribution in [0.5, 0.6) is 0 Å². The molecule has 4 heteroatoms. The molecule has 0 aromatic carbocycles. The van der Waals surface area contributed by atoms with Gasteiger partial charge in [0.2, 0.25) is 0 Å². The van der Waals surface area contributed by atoms with Crippen LogP contribution < -0.4 is 0 Å². The molecule has 4 nitrogen and oxygen atoms in total. The van der Waals surface area contributed by atoms with Crippen LogP contribution >= 0.6 is 0 Å². The molecule has 1 heterocycles. The maximum Gasteiger partial charge on any atom is 0.319 e. The Bertz CT molecular complexity index is 116. The van der Waals surface area contributed by atoms with Crippen LogP contribution in [0.3, 0.4) is 0 Å². The molecule has 1 fully saturated rings. The molecule has 11 heavy (non-hydrogen) atoms. The maximum absolute atomic E-state index is 10.8. The summed E-state index contributed by atoms with van der Waals surface area (Å²) in [4.78, 5) is 14.2. The Hall–Kier alpha value is -0.770. The van der Waals surface area contributed by atoms with Gasteiger partial charge in [-0.25, -0.2) is 4.79 Å². The van der Waals surface area contributed by atoms with Gasteiger partial charge < -0.3 is 14.9 Å². The first-order valence-electron chi connectivity index (χ1n) is 3.70. The number of aliphatic hydroxyl groups excluding tert-OH is 1. The second-order valence-corrected chi connectivity index (χ2v) is 2.44. The normalized spacial score (nSPS) is 16.5. The van der Waals surface area contributed by atoms with E-state index in [1.54, 1.807) is 16.7 Å². The van der Waals surface area contributed by atoms with Crippen molar-refractivity contribution in [3.8, 4) is 0 Å². The summed E-state index contributed by atoms with van der Waals surface area (Å²) < 4.78 is 0. The minimum atomic E-state index is 0.130. The molecule has 0 radical (unpaired) electrons. The molecule has 1 N–H and O–H groups in total. The van der Waals surface area contributed by atoms with E-state index >= 15 is 0 Å². The molecule has 1 aliphatic heterocycles. The number of hydrogen-bond acceptors (Lipinski definition) is 2. The van der Waals surface area contributed by atoms with E-state index in [1.165, 1.54) is 0 Å². The van der Waals surface area contributed by atoms with E-state index in [1.807, 2.05) is 14.1 Å². The van der Waals surface area contributed by atoms with Crippen molar-refractivity contribution in [1.29, 1.82) is 0 Å².